The van der Waals surface area contributed by atoms with E-state index >= 15 is 0 Å². The number of nitrogens with zero attached hydrogens (tertiary/aromatic N) is 1. The van der Waals surface area contributed by atoms with Gasteiger partial charge in [0.15, 0.2) is 0 Å². The summed E-state index contributed by atoms with van der Waals surface area (Å²) in [5, 5.41) is 16.9. The molecule has 0 aliphatic carbocycles. The van der Waals surface area contributed by atoms with Crippen molar-refractivity contribution in [2.45, 2.75) is 39.0 Å². The van der Waals surface area contributed by atoms with E-state index in [1.807, 2.05) is 0 Å². The van der Waals surface area contributed by atoms with Crippen LogP contribution in [-0.4, -0.2) is 29.9 Å². The predicted octanol–water partition coefficient (Wildman–Crippen LogP) is 1.16. The monoisotopic (exact) mass is 221 g/mol. The minimum Gasteiger partial charge on any atom is -0.330 e. The molecule has 1 fully saturated rings. The van der Waals surface area contributed by atoms with E-state index in [1.54, 1.807) is 0 Å². The summed E-state index contributed by atoms with van der Waals surface area (Å²) >= 11 is 0. The van der Waals surface area contributed by atoms with Crippen LogP contribution in [0.1, 0.15) is 39.0 Å². The Labute approximate surface area is 91.0 Å². The molecule has 1 aliphatic rings. The molecule has 0 bridgehead atoms. The van der Waals surface area contributed by atoms with Crippen LogP contribution in [0.15, 0.2) is 0 Å². The van der Waals surface area contributed by atoms with Gasteiger partial charge in [-0.2, -0.15) is 0 Å². The van der Waals surface area contributed by atoms with E-state index in [1.165, 1.54) is 45.2 Å². The molecule has 1 aliphatic heterocycles. The largest absolute Gasteiger partial charge is 0.330 e. The zero-order chi connectivity index (χ0) is 11.9. The van der Waals surface area contributed by atoms with E-state index in [2.05, 4.69) is 12.2 Å². The first-order valence-electron chi connectivity index (χ1n) is 5.39. The fourth-order valence-corrected chi connectivity index (χ4v) is 1.01. The van der Waals surface area contributed by atoms with E-state index in [0.717, 1.165) is 6.54 Å². The third-order valence-corrected chi connectivity index (χ3v) is 1.76. The van der Waals surface area contributed by atoms with E-state index in [-0.39, 0.29) is 0 Å². The molecule has 1 saturated heterocycles. The summed E-state index contributed by atoms with van der Waals surface area (Å²) in [5.41, 5.74) is 5.14. The van der Waals surface area contributed by atoms with Gasteiger partial charge in [0, 0.05) is 0 Å². The molecule has 0 saturated carbocycles. The first kappa shape index (κ1) is 16.5. The first-order chi connectivity index (χ1) is 7.15. The van der Waals surface area contributed by atoms with Crippen molar-refractivity contribution in [3.05, 3.63) is 10.1 Å². The zero-order valence-electron chi connectivity index (χ0n) is 9.45. The lowest BCUT2D eigenvalue weighted by molar-refractivity contribution is -0.742. The van der Waals surface area contributed by atoms with Crippen LogP contribution in [0.25, 0.3) is 0 Å². The van der Waals surface area contributed by atoms with Gasteiger partial charge in [0.2, 0.25) is 0 Å². The quantitative estimate of drug-likeness (QED) is 0.479. The molecule has 0 radical (unpaired) electrons. The maximum atomic E-state index is 8.36. The Bertz CT molecular complexity index is 112. The summed E-state index contributed by atoms with van der Waals surface area (Å²) in [6, 6.07) is 0. The number of nitrogens with two attached hydrogens (primary N) is 1. The molecular formula is C9H23N3O3. The standard InChI is InChI=1S/C5H11N.C4H11N.HNO3/c1-2-4-6-5-3-1;1-2-3-4-5;2-1(3)4/h6H,1-5H2;2-5H2,1H3;(H,2,3,4). The van der Waals surface area contributed by atoms with E-state index in [9.17, 15) is 0 Å². The Morgan fingerprint density at radius 2 is 1.87 bits per heavy atom. The highest BCUT2D eigenvalue weighted by Gasteiger charge is 1.93. The molecule has 0 unspecified atom stereocenters. The van der Waals surface area contributed by atoms with E-state index in [4.69, 9.17) is 21.1 Å². The summed E-state index contributed by atoms with van der Waals surface area (Å²) in [5.74, 6) is 0. The van der Waals surface area contributed by atoms with Gasteiger partial charge in [0.1, 0.15) is 0 Å². The second-order valence-corrected chi connectivity index (χ2v) is 3.19. The van der Waals surface area contributed by atoms with Crippen molar-refractivity contribution in [2.75, 3.05) is 19.6 Å². The maximum absolute atomic E-state index is 8.36. The molecule has 0 aromatic heterocycles. The van der Waals surface area contributed by atoms with Gasteiger partial charge in [-0.1, -0.05) is 19.8 Å². The molecular weight excluding hydrogens is 198 g/mol. The molecule has 6 nitrogen and oxygen atoms in total. The maximum Gasteiger partial charge on any atom is 0.291 e. The fraction of sp³-hybridized carbons (Fsp3) is 1.00. The minimum atomic E-state index is -1.50. The smallest absolute Gasteiger partial charge is 0.291 e. The molecule has 6 heteroatoms. The summed E-state index contributed by atoms with van der Waals surface area (Å²) < 4.78 is 0. The Kier molecular flexibility index (Phi) is 17.2. The van der Waals surface area contributed by atoms with E-state index in [0.29, 0.717) is 0 Å². The molecule has 0 aromatic rings. The highest BCUT2D eigenvalue weighted by atomic mass is 16.9. The molecule has 4 N–H and O–H groups in total. The number of piperidine rings is 1. The van der Waals surface area contributed by atoms with Crippen LogP contribution in [0.5, 0.6) is 0 Å². The van der Waals surface area contributed by atoms with Crippen molar-refractivity contribution in [1.29, 1.82) is 0 Å². The lowest BCUT2D eigenvalue weighted by Gasteiger charge is -2.08. The third kappa shape index (κ3) is 32.0. The second kappa shape index (κ2) is 15.6. The van der Waals surface area contributed by atoms with E-state index < -0.39 is 5.09 Å². The van der Waals surface area contributed by atoms with Crippen LogP contribution >= 0.6 is 0 Å². The van der Waals surface area contributed by atoms with Crippen molar-refractivity contribution < 1.29 is 10.3 Å². The number of nitrogens with one attached hydrogen (secondary N) is 1. The van der Waals surface area contributed by atoms with Crippen molar-refractivity contribution in [2.24, 2.45) is 5.73 Å². The van der Waals surface area contributed by atoms with Crippen molar-refractivity contribution in [3.8, 4) is 0 Å². The lowest BCUT2D eigenvalue weighted by atomic mass is 10.2. The zero-order valence-corrected chi connectivity index (χ0v) is 9.45. The SMILES string of the molecule is C1CCNCC1.CCCCN.O=[N+]([O-])O. The van der Waals surface area contributed by atoms with Crippen molar-refractivity contribution in [3.63, 3.8) is 0 Å². The average Bonchev–Trinajstić information content (AvgIpc) is 2.22. The van der Waals surface area contributed by atoms with Crippen molar-refractivity contribution in [1.82, 2.24) is 5.32 Å². The van der Waals surface area contributed by atoms with Crippen LogP contribution in [0.2, 0.25) is 0 Å². The van der Waals surface area contributed by atoms with Gasteiger partial charge >= 0.3 is 0 Å². The van der Waals surface area contributed by atoms with Crippen LogP contribution < -0.4 is 11.1 Å². The molecule has 0 spiro atoms. The normalized spacial score (nSPS) is 14.0. The molecule has 0 atom stereocenters. The first-order valence-corrected chi connectivity index (χ1v) is 5.39. The Hall–Kier alpha value is -0.880. The second-order valence-electron chi connectivity index (χ2n) is 3.19. The van der Waals surface area contributed by atoms with Crippen LogP contribution in [0, 0.1) is 10.1 Å². The van der Waals surface area contributed by atoms with Gasteiger partial charge in [0.25, 0.3) is 5.09 Å². The number of unbranched alkanes of at least 4 members (excludes halogenated alkanes) is 1. The van der Waals surface area contributed by atoms with Gasteiger partial charge < -0.3 is 16.3 Å². The summed E-state index contributed by atoms with van der Waals surface area (Å²) in [6.45, 7) is 5.48. The number of hydrogen-bond donors (Lipinski definition) is 3. The van der Waals surface area contributed by atoms with Crippen LogP contribution in [-0.2, 0) is 0 Å². The molecule has 0 aromatic carbocycles. The highest BCUT2D eigenvalue weighted by molar-refractivity contribution is 4.55. The van der Waals surface area contributed by atoms with Gasteiger partial charge in [0.05, 0.1) is 0 Å². The molecule has 1 heterocycles. The summed E-state index contributed by atoms with van der Waals surface area (Å²) in [4.78, 5) is 8.36. The number of rotatable bonds is 2. The minimum absolute atomic E-state index is 0.844. The molecule has 15 heavy (non-hydrogen) atoms. The Morgan fingerprint density at radius 3 is 1.93 bits per heavy atom. The van der Waals surface area contributed by atoms with Crippen LogP contribution in [0.4, 0.5) is 0 Å². The number of hydrogen-bond acceptors (Lipinski definition) is 4. The Morgan fingerprint density at radius 1 is 1.40 bits per heavy atom. The third-order valence-electron chi connectivity index (χ3n) is 1.76. The van der Waals surface area contributed by atoms with Gasteiger partial charge in [-0.05, 0) is 38.9 Å². The topological polar surface area (TPSA) is 101 Å². The molecule has 0 amide bonds. The fourth-order valence-electron chi connectivity index (χ4n) is 1.01. The summed E-state index contributed by atoms with van der Waals surface area (Å²) in [7, 11) is 0. The average molecular weight is 221 g/mol. The highest BCUT2D eigenvalue weighted by Crippen LogP contribution is 1.96. The molecule has 92 valence electrons. The predicted molar refractivity (Wildman–Crippen MR) is 59.5 cm³/mol. The Balaban J connectivity index is 0. The lowest BCUT2D eigenvalue weighted by Crippen LogP contribution is -2.21. The van der Waals surface area contributed by atoms with Crippen molar-refractivity contribution >= 4 is 0 Å². The van der Waals surface area contributed by atoms with Gasteiger partial charge in [-0.3, -0.25) is 0 Å². The van der Waals surface area contributed by atoms with Gasteiger partial charge in [-0.25, -0.2) is 0 Å². The summed E-state index contributed by atoms with van der Waals surface area (Å²) in [6.07, 6.45) is 6.60. The molecule has 1 rings (SSSR count). The van der Waals surface area contributed by atoms with Gasteiger partial charge in [-0.15, -0.1) is 10.1 Å². The van der Waals surface area contributed by atoms with Crippen LogP contribution in [0.3, 0.4) is 0 Å².